The number of carbonyl (C=O) groups is 1. The van der Waals surface area contributed by atoms with Gasteiger partial charge in [0.1, 0.15) is 0 Å². The average Bonchev–Trinajstić information content (AvgIpc) is 2.44. The summed E-state index contributed by atoms with van der Waals surface area (Å²) in [5, 5.41) is 2.73. The summed E-state index contributed by atoms with van der Waals surface area (Å²) in [7, 11) is 1.38. The lowest BCUT2D eigenvalue weighted by Gasteiger charge is -2.26. The van der Waals surface area contributed by atoms with Gasteiger partial charge in [-0.15, -0.1) is 12.4 Å². The minimum absolute atomic E-state index is 0. The van der Waals surface area contributed by atoms with Crippen molar-refractivity contribution in [2.45, 2.75) is 32.2 Å². The highest BCUT2D eigenvalue weighted by molar-refractivity contribution is 5.94. The second-order valence-corrected chi connectivity index (χ2v) is 4.60. The van der Waals surface area contributed by atoms with Crippen LogP contribution in [-0.2, 0) is 0 Å². The van der Waals surface area contributed by atoms with Gasteiger partial charge in [0.25, 0.3) is 5.91 Å². The van der Waals surface area contributed by atoms with Crippen LogP contribution < -0.4 is 15.8 Å². The summed E-state index contributed by atoms with van der Waals surface area (Å²) >= 11 is 0. The molecule has 0 saturated carbocycles. The highest BCUT2D eigenvalue weighted by Gasteiger charge is 2.21. The Labute approximate surface area is 125 Å². The van der Waals surface area contributed by atoms with Gasteiger partial charge >= 0.3 is 0 Å². The minimum Gasteiger partial charge on any atom is -0.494 e. The van der Waals surface area contributed by atoms with Crippen molar-refractivity contribution >= 4 is 18.3 Å². The molecule has 1 rings (SSSR count). The number of rotatable bonds is 6. The largest absolute Gasteiger partial charge is 0.494 e. The number of benzene rings is 1. The Morgan fingerprint density at radius 1 is 1.40 bits per heavy atom. The van der Waals surface area contributed by atoms with E-state index in [4.69, 9.17) is 10.5 Å². The summed E-state index contributed by atoms with van der Waals surface area (Å²) in [5.41, 5.74) is 5.93. The number of halogens is 2. The molecule has 0 unspecified atom stereocenters. The Balaban J connectivity index is 0.00000361. The molecule has 0 aliphatic rings. The molecule has 0 aromatic heterocycles. The van der Waals surface area contributed by atoms with Crippen molar-refractivity contribution in [3.63, 3.8) is 0 Å². The predicted molar refractivity (Wildman–Crippen MR) is 80.0 cm³/mol. The van der Waals surface area contributed by atoms with Crippen LogP contribution in [0.5, 0.6) is 5.75 Å². The van der Waals surface area contributed by atoms with Crippen LogP contribution >= 0.6 is 12.4 Å². The van der Waals surface area contributed by atoms with E-state index in [1.165, 1.54) is 19.2 Å². The molecule has 0 saturated heterocycles. The summed E-state index contributed by atoms with van der Waals surface area (Å²) in [5.74, 6) is -0.773. The molecule has 0 heterocycles. The summed E-state index contributed by atoms with van der Waals surface area (Å²) in [6, 6.07) is 4.11. The lowest BCUT2D eigenvalue weighted by atomic mass is 9.94. The van der Waals surface area contributed by atoms with Gasteiger partial charge in [-0.25, -0.2) is 4.39 Å². The molecule has 0 radical (unpaired) electrons. The van der Waals surface area contributed by atoms with Crippen molar-refractivity contribution in [2.24, 2.45) is 5.73 Å². The lowest BCUT2D eigenvalue weighted by Crippen LogP contribution is -2.49. The van der Waals surface area contributed by atoms with E-state index in [0.717, 1.165) is 18.9 Å². The van der Waals surface area contributed by atoms with Crippen LogP contribution in [0, 0.1) is 5.82 Å². The SMILES string of the molecule is CCC(N)(CC)CNC(=O)c1ccc(OC)c(F)c1.Cl. The van der Waals surface area contributed by atoms with Crippen molar-refractivity contribution in [2.75, 3.05) is 13.7 Å². The number of hydrogen-bond donors (Lipinski definition) is 2. The average molecular weight is 305 g/mol. The van der Waals surface area contributed by atoms with Crippen LogP contribution in [0.1, 0.15) is 37.0 Å². The number of nitrogens with two attached hydrogens (primary N) is 1. The number of methoxy groups -OCH3 is 1. The Morgan fingerprint density at radius 2 is 2.00 bits per heavy atom. The lowest BCUT2D eigenvalue weighted by molar-refractivity contribution is 0.0941. The third-order valence-electron chi connectivity index (χ3n) is 3.42. The molecule has 0 aliphatic heterocycles. The smallest absolute Gasteiger partial charge is 0.251 e. The van der Waals surface area contributed by atoms with E-state index in [1.807, 2.05) is 13.8 Å². The van der Waals surface area contributed by atoms with Crippen molar-refractivity contribution < 1.29 is 13.9 Å². The summed E-state index contributed by atoms with van der Waals surface area (Å²) in [6.45, 7) is 4.32. The fourth-order valence-electron chi connectivity index (χ4n) is 1.67. The van der Waals surface area contributed by atoms with Gasteiger partial charge < -0.3 is 15.8 Å². The molecule has 20 heavy (non-hydrogen) atoms. The molecular weight excluding hydrogens is 283 g/mol. The molecule has 6 heteroatoms. The zero-order chi connectivity index (χ0) is 14.5. The first-order valence-electron chi connectivity index (χ1n) is 6.36. The summed E-state index contributed by atoms with van der Waals surface area (Å²) in [4.78, 5) is 11.9. The minimum atomic E-state index is -0.555. The zero-order valence-corrected chi connectivity index (χ0v) is 12.8. The molecule has 0 aliphatic carbocycles. The molecule has 0 bridgehead atoms. The number of ether oxygens (including phenoxy) is 1. The van der Waals surface area contributed by atoms with Crippen LogP contribution in [0.4, 0.5) is 4.39 Å². The summed E-state index contributed by atoms with van der Waals surface area (Å²) < 4.78 is 18.3. The summed E-state index contributed by atoms with van der Waals surface area (Å²) in [6.07, 6.45) is 1.53. The number of hydrogen-bond acceptors (Lipinski definition) is 3. The maximum atomic E-state index is 13.5. The molecule has 1 aromatic rings. The van der Waals surface area contributed by atoms with Crippen LogP contribution in [0.15, 0.2) is 18.2 Å². The topological polar surface area (TPSA) is 64.3 Å². The van der Waals surface area contributed by atoms with Crippen molar-refractivity contribution in [1.82, 2.24) is 5.32 Å². The van der Waals surface area contributed by atoms with E-state index in [0.29, 0.717) is 6.54 Å². The van der Waals surface area contributed by atoms with Gasteiger partial charge in [0.2, 0.25) is 0 Å². The van der Waals surface area contributed by atoms with Gasteiger partial charge in [-0.2, -0.15) is 0 Å². The zero-order valence-electron chi connectivity index (χ0n) is 12.0. The van der Waals surface area contributed by atoms with Gasteiger partial charge in [0, 0.05) is 17.6 Å². The van der Waals surface area contributed by atoms with Crippen molar-refractivity contribution in [3.8, 4) is 5.75 Å². The highest BCUT2D eigenvalue weighted by Crippen LogP contribution is 2.17. The maximum absolute atomic E-state index is 13.5. The van der Waals surface area contributed by atoms with Gasteiger partial charge in [-0.05, 0) is 31.0 Å². The van der Waals surface area contributed by atoms with Crippen molar-refractivity contribution in [3.05, 3.63) is 29.6 Å². The monoisotopic (exact) mass is 304 g/mol. The van der Waals surface area contributed by atoms with Crippen LogP contribution in [0.25, 0.3) is 0 Å². The molecule has 3 N–H and O–H groups in total. The molecule has 114 valence electrons. The number of amides is 1. The second kappa shape index (κ2) is 8.07. The van der Waals surface area contributed by atoms with E-state index in [-0.39, 0.29) is 29.6 Å². The van der Waals surface area contributed by atoms with Crippen LogP contribution in [0.3, 0.4) is 0 Å². The van der Waals surface area contributed by atoms with Crippen LogP contribution in [0.2, 0.25) is 0 Å². The van der Waals surface area contributed by atoms with E-state index in [1.54, 1.807) is 0 Å². The first-order chi connectivity index (χ1) is 8.95. The second-order valence-electron chi connectivity index (χ2n) is 4.60. The Hall–Kier alpha value is -1.33. The van der Waals surface area contributed by atoms with Gasteiger partial charge in [0.15, 0.2) is 11.6 Å². The first-order valence-corrected chi connectivity index (χ1v) is 6.36. The molecule has 0 fully saturated rings. The number of nitrogens with one attached hydrogen (secondary N) is 1. The molecule has 0 atom stereocenters. The Kier molecular flexibility index (Phi) is 7.53. The highest BCUT2D eigenvalue weighted by atomic mass is 35.5. The van der Waals surface area contributed by atoms with E-state index in [2.05, 4.69) is 5.32 Å². The first kappa shape index (κ1) is 18.7. The fraction of sp³-hybridized carbons (Fsp3) is 0.500. The quantitative estimate of drug-likeness (QED) is 0.848. The molecule has 1 amide bonds. The van der Waals surface area contributed by atoms with E-state index >= 15 is 0 Å². The third kappa shape index (κ3) is 4.65. The molecule has 4 nitrogen and oxygen atoms in total. The van der Waals surface area contributed by atoms with Gasteiger partial charge in [-0.1, -0.05) is 13.8 Å². The maximum Gasteiger partial charge on any atom is 0.251 e. The third-order valence-corrected chi connectivity index (χ3v) is 3.42. The van der Waals surface area contributed by atoms with Gasteiger partial charge in [-0.3, -0.25) is 4.79 Å². The van der Waals surface area contributed by atoms with E-state index < -0.39 is 11.4 Å². The van der Waals surface area contributed by atoms with Crippen molar-refractivity contribution in [1.29, 1.82) is 0 Å². The predicted octanol–water partition coefficient (Wildman–Crippen LogP) is 2.50. The Bertz CT molecular complexity index is 451. The number of carbonyl (C=O) groups excluding carboxylic acids is 1. The fourth-order valence-corrected chi connectivity index (χ4v) is 1.67. The van der Waals surface area contributed by atoms with Crippen LogP contribution in [-0.4, -0.2) is 25.1 Å². The molecule has 0 spiro atoms. The molecular formula is C14H22ClFN2O2. The van der Waals surface area contributed by atoms with E-state index in [9.17, 15) is 9.18 Å². The standard InChI is InChI=1S/C14H21FN2O2.ClH/c1-4-14(16,5-2)9-17-13(18)10-6-7-12(19-3)11(15)8-10;/h6-8H,4-5,9,16H2,1-3H3,(H,17,18);1H. The molecule has 1 aromatic carbocycles. The Morgan fingerprint density at radius 3 is 2.45 bits per heavy atom. The van der Waals surface area contributed by atoms with Gasteiger partial charge in [0.05, 0.1) is 7.11 Å². The normalized spacial score (nSPS) is 10.7.